The van der Waals surface area contributed by atoms with Crippen LogP contribution >= 0.6 is 0 Å². The van der Waals surface area contributed by atoms with Crippen molar-refractivity contribution in [2.24, 2.45) is 5.84 Å². The van der Waals surface area contributed by atoms with Crippen molar-refractivity contribution in [3.8, 4) is 17.8 Å². The molecule has 8 nitrogen and oxygen atoms in total. The molecule has 0 radical (unpaired) electrons. The van der Waals surface area contributed by atoms with E-state index >= 15 is 0 Å². The number of hydrogen-bond donors (Lipinski definition) is 1. The maximum atomic E-state index is 13.7. The molecule has 2 rings (SSSR count). The molecule has 0 aliphatic rings. The molecule has 0 saturated heterocycles. The molecule has 1 heterocycles. The van der Waals surface area contributed by atoms with E-state index in [2.05, 4.69) is 9.97 Å². The molecule has 26 heavy (non-hydrogen) atoms. The fraction of sp³-hybridized carbons (Fsp3) is 0.250. The van der Waals surface area contributed by atoms with Gasteiger partial charge in [0.05, 0.1) is 6.20 Å². The monoisotopic (exact) mass is 363 g/mol. The number of aromatic nitrogens is 2. The van der Waals surface area contributed by atoms with Crippen LogP contribution in [0, 0.1) is 23.0 Å². The summed E-state index contributed by atoms with van der Waals surface area (Å²) in [6.07, 6.45) is 0.0789. The number of ether oxygens (including phenoxy) is 2. The molecular formula is C16H15F2N5O3. The highest BCUT2D eigenvalue weighted by Gasteiger charge is 2.25. The van der Waals surface area contributed by atoms with Crippen LogP contribution in [0.15, 0.2) is 24.4 Å². The Hall–Kier alpha value is -3.32. The molecule has 0 unspecified atom stereocenters. The predicted molar refractivity (Wildman–Crippen MR) is 86.1 cm³/mol. The summed E-state index contributed by atoms with van der Waals surface area (Å²) in [5.74, 6) is 3.27. The summed E-state index contributed by atoms with van der Waals surface area (Å²) in [5, 5.41) is 9.64. The molecule has 1 aromatic carbocycles. The zero-order chi connectivity index (χ0) is 19.5. The van der Waals surface area contributed by atoms with Crippen molar-refractivity contribution in [3.63, 3.8) is 0 Å². The smallest absolute Gasteiger partial charge is 0.430 e. The first-order valence-electron chi connectivity index (χ1n) is 7.28. The van der Waals surface area contributed by atoms with Crippen LogP contribution < -0.4 is 15.6 Å². The molecule has 0 aliphatic carbocycles. The summed E-state index contributed by atoms with van der Waals surface area (Å²) >= 11 is 0. The van der Waals surface area contributed by atoms with Gasteiger partial charge in [-0.05, 0) is 32.9 Å². The van der Waals surface area contributed by atoms with Gasteiger partial charge in [-0.2, -0.15) is 15.3 Å². The summed E-state index contributed by atoms with van der Waals surface area (Å²) in [4.78, 5) is 19.6. The van der Waals surface area contributed by atoms with Gasteiger partial charge in [-0.1, -0.05) is 0 Å². The summed E-state index contributed by atoms with van der Waals surface area (Å²) in [5.41, 5.74) is -0.962. The number of carbonyl (C=O) groups is 1. The molecule has 0 spiro atoms. The van der Waals surface area contributed by atoms with Gasteiger partial charge in [0.2, 0.25) is 0 Å². The lowest BCUT2D eigenvalue weighted by Gasteiger charge is -2.24. The van der Waals surface area contributed by atoms with E-state index in [4.69, 9.17) is 20.6 Å². The highest BCUT2D eigenvalue weighted by atomic mass is 19.1. The normalized spacial score (nSPS) is 10.8. The van der Waals surface area contributed by atoms with Crippen LogP contribution in [0.3, 0.4) is 0 Å². The molecule has 0 saturated carbocycles. The van der Waals surface area contributed by atoms with Gasteiger partial charge in [-0.25, -0.2) is 24.4 Å². The lowest BCUT2D eigenvalue weighted by molar-refractivity contribution is 0.0578. The number of halogens is 2. The Kier molecular flexibility index (Phi) is 5.33. The van der Waals surface area contributed by atoms with Crippen LogP contribution in [-0.2, 0) is 4.74 Å². The number of nitrogens with zero attached hydrogens (tertiary/aromatic N) is 4. The third-order valence-electron chi connectivity index (χ3n) is 2.78. The number of benzene rings is 1. The Morgan fingerprint density at radius 3 is 2.62 bits per heavy atom. The van der Waals surface area contributed by atoms with E-state index in [-0.39, 0.29) is 17.1 Å². The lowest BCUT2D eigenvalue weighted by Crippen LogP contribution is -2.42. The number of hydrazine groups is 1. The minimum atomic E-state index is -0.976. The predicted octanol–water partition coefficient (Wildman–Crippen LogP) is 3.03. The van der Waals surface area contributed by atoms with Crippen LogP contribution in [0.4, 0.5) is 19.4 Å². The van der Waals surface area contributed by atoms with Crippen LogP contribution in [0.5, 0.6) is 11.8 Å². The zero-order valence-corrected chi connectivity index (χ0v) is 14.2. The SMILES string of the molecule is CC(C)(C)OC(=O)N(N)c1nc(Oc2ccc(F)cc2F)ncc1C#N. The molecule has 0 aliphatic heterocycles. The highest BCUT2D eigenvalue weighted by Crippen LogP contribution is 2.25. The topological polar surface area (TPSA) is 114 Å². The number of amides is 1. The number of rotatable bonds is 3. The highest BCUT2D eigenvalue weighted by molar-refractivity contribution is 5.86. The first kappa shape index (κ1) is 19.0. The summed E-state index contributed by atoms with van der Waals surface area (Å²) in [6.45, 7) is 4.90. The summed E-state index contributed by atoms with van der Waals surface area (Å²) < 4.78 is 36.8. The first-order valence-corrected chi connectivity index (χ1v) is 7.28. The number of anilines is 1. The molecule has 0 bridgehead atoms. The van der Waals surface area contributed by atoms with Gasteiger partial charge in [-0.3, -0.25) is 0 Å². The van der Waals surface area contributed by atoms with Gasteiger partial charge >= 0.3 is 12.1 Å². The van der Waals surface area contributed by atoms with Crippen molar-refractivity contribution in [1.29, 1.82) is 5.26 Å². The van der Waals surface area contributed by atoms with Gasteiger partial charge in [-0.15, -0.1) is 0 Å². The molecule has 2 aromatic rings. The van der Waals surface area contributed by atoms with Crippen LogP contribution in [0.1, 0.15) is 26.3 Å². The average molecular weight is 363 g/mol. The van der Waals surface area contributed by atoms with Crippen molar-refractivity contribution in [1.82, 2.24) is 9.97 Å². The van der Waals surface area contributed by atoms with Crippen molar-refractivity contribution in [3.05, 3.63) is 41.6 Å². The number of carbonyl (C=O) groups excluding carboxylic acids is 1. The van der Waals surface area contributed by atoms with Gasteiger partial charge in [0, 0.05) is 6.07 Å². The molecule has 1 aromatic heterocycles. The standard InChI is InChI=1S/C16H15F2N5O3/c1-16(2,3)26-15(24)23(20)13-9(7-19)8-21-14(22-13)25-12-5-4-10(17)6-11(12)18/h4-6,8H,20H2,1-3H3. The molecule has 1 amide bonds. The van der Waals surface area contributed by atoms with Crippen LogP contribution in [0.2, 0.25) is 0 Å². The van der Waals surface area contributed by atoms with Crippen molar-refractivity contribution in [2.75, 3.05) is 5.01 Å². The maximum absolute atomic E-state index is 13.7. The number of nitriles is 1. The van der Waals surface area contributed by atoms with E-state index < -0.39 is 29.3 Å². The Morgan fingerprint density at radius 1 is 1.35 bits per heavy atom. The molecule has 10 heteroatoms. The number of nitrogens with two attached hydrogens (primary N) is 1. The molecule has 2 N–H and O–H groups in total. The van der Waals surface area contributed by atoms with E-state index in [9.17, 15) is 13.6 Å². The Labute approximate surface area is 147 Å². The average Bonchev–Trinajstić information content (AvgIpc) is 2.55. The third kappa shape index (κ3) is 4.61. The summed E-state index contributed by atoms with van der Waals surface area (Å²) in [7, 11) is 0. The fourth-order valence-corrected chi connectivity index (χ4v) is 1.72. The zero-order valence-electron chi connectivity index (χ0n) is 14.2. The van der Waals surface area contributed by atoms with Crippen LogP contribution in [-0.4, -0.2) is 21.7 Å². The second kappa shape index (κ2) is 7.28. The second-order valence-electron chi connectivity index (χ2n) is 6.03. The quantitative estimate of drug-likeness (QED) is 0.506. The van der Waals surface area contributed by atoms with Gasteiger partial charge in [0.1, 0.15) is 23.1 Å². The first-order chi connectivity index (χ1) is 12.1. The molecule has 136 valence electrons. The minimum absolute atomic E-state index is 0.134. The van der Waals surface area contributed by atoms with Crippen molar-refractivity contribution in [2.45, 2.75) is 26.4 Å². The van der Waals surface area contributed by atoms with Crippen LogP contribution in [0.25, 0.3) is 0 Å². The number of hydrogen-bond acceptors (Lipinski definition) is 7. The Bertz CT molecular complexity index is 877. The Morgan fingerprint density at radius 2 is 2.04 bits per heavy atom. The van der Waals surface area contributed by atoms with E-state index in [1.165, 1.54) is 0 Å². The second-order valence-corrected chi connectivity index (χ2v) is 6.03. The minimum Gasteiger partial charge on any atom is -0.442 e. The molecular weight excluding hydrogens is 348 g/mol. The third-order valence-corrected chi connectivity index (χ3v) is 2.78. The van der Waals surface area contributed by atoms with E-state index in [1.807, 2.05) is 0 Å². The van der Waals surface area contributed by atoms with Gasteiger partial charge in [0.15, 0.2) is 17.4 Å². The largest absolute Gasteiger partial charge is 0.442 e. The van der Waals surface area contributed by atoms with Crippen molar-refractivity contribution >= 4 is 11.9 Å². The summed E-state index contributed by atoms with van der Waals surface area (Å²) in [6, 6.07) is 4.02. The van der Waals surface area contributed by atoms with Gasteiger partial charge in [0.25, 0.3) is 0 Å². The van der Waals surface area contributed by atoms with E-state index in [1.54, 1.807) is 26.8 Å². The molecule has 0 atom stereocenters. The van der Waals surface area contributed by atoms with E-state index in [0.29, 0.717) is 11.1 Å². The van der Waals surface area contributed by atoms with E-state index in [0.717, 1.165) is 18.3 Å². The fourth-order valence-electron chi connectivity index (χ4n) is 1.72. The van der Waals surface area contributed by atoms with Gasteiger partial charge < -0.3 is 9.47 Å². The maximum Gasteiger partial charge on any atom is 0.430 e. The van der Waals surface area contributed by atoms with Crippen molar-refractivity contribution < 1.29 is 23.0 Å². The molecule has 0 fully saturated rings. The lowest BCUT2D eigenvalue weighted by atomic mass is 10.2. The Balaban J connectivity index is 2.33.